The van der Waals surface area contributed by atoms with Crippen LogP contribution in [-0.4, -0.2) is 291 Å². The van der Waals surface area contributed by atoms with E-state index in [4.69, 9.17) is 16.9 Å². The number of imidazole rings is 1. The number of carbonyl (C=O) groups is 16. The van der Waals surface area contributed by atoms with Gasteiger partial charge >= 0.3 is 11.9 Å². The average Bonchev–Trinajstić information content (AvgIpc) is 1.64. The first-order valence-electron chi connectivity index (χ1n) is 39.5. The van der Waals surface area contributed by atoms with E-state index >= 15 is 14.4 Å². The van der Waals surface area contributed by atoms with Crippen molar-refractivity contribution in [1.82, 2.24) is 83.6 Å². The second-order valence-corrected chi connectivity index (χ2v) is 32.4. The Morgan fingerprint density at radius 3 is 1.84 bits per heavy atom. The summed E-state index contributed by atoms with van der Waals surface area (Å²) in [6, 6.07) is -4.66. The highest BCUT2D eigenvalue weighted by atomic mass is 32.2. The minimum Gasteiger partial charge on any atom is -0.481 e. The van der Waals surface area contributed by atoms with Crippen molar-refractivity contribution in [3.05, 3.63) is 126 Å². The summed E-state index contributed by atoms with van der Waals surface area (Å²) >= 11 is 3.63. The SMILES string of the molecule is C=C1/C=C(\C=C/C)CSC[C@H](NC(=O)[C@@H](CCSC)NC(C)=O)C(=O)N2CCC[C@H]2C(=O)N2CCC[C@H]2C(=O)N[C@@H]([C@@H](C)O)C(=O)N[C@@H](CCC(=O)O)C(=O)N[C@@H](Cc2ccccc2)C(=O)N[C@H](C(=O)N[C@@H](CC(=O)O)C(=O)N[C@@H](Cc2c[nH]cn2)C(=O)N[C@@H](Cc2ccccc2)C(=O)N[C@@H](CCCNC(=N)N)C(=O)N[C@@H](CC(O)O)C(N)=O)CSC1. The van der Waals surface area contributed by atoms with Gasteiger partial charge in [0, 0.05) is 87.9 Å². The van der Waals surface area contributed by atoms with Crippen LogP contribution in [0.3, 0.4) is 0 Å². The molecule has 666 valence electrons. The molecule has 3 aliphatic rings. The molecule has 0 bridgehead atoms. The Balaban J connectivity index is 1.41. The van der Waals surface area contributed by atoms with E-state index in [9.17, 15) is 87.9 Å². The number of nitrogens with two attached hydrogens (primary N) is 2. The summed E-state index contributed by atoms with van der Waals surface area (Å²) in [5.41, 5.74) is 12.9. The number of primary amides is 1. The van der Waals surface area contributed by atoms with Crippen LogP contribution in [0.15, 0.2) is 109 Å². The number of aromatic amines is 1. The van der Waals surface area contributed by atoms with E-state index in [2.05, 4.69) is 80.3 Å². The summed E-state index contributed by atoms with van der Waals surface area (Å²) in [6.45, 7) is 8.47. The standard InChI is InChI=1S/C79H111N19O21S3/c1-6-16-48-31-43(2)38-121-40-58(74(115)93-57(36-64(105)106)73(114)92-56(34-49-37-83-42-85-49)72(113)91-54(32-46-17-9-7-10-18-46)70(111)87-50(21-13-27-84-79(81)82)67(108)89-53(66(80)107)35-63(103)104)94-71(112)55(33-47-19-11-8-12-20-47)90-68(109)51(24-25-62(101)102)88-76(117)65(44(3)99)96-75(116)60-22-14-28-97(60)78(119)61-23-15-29-98(61)77(118)59(41-122-39-48)95-69(110)52(26-30-120-5)86-45(4)100/h6-12,16-20,31,37,42,44,50-61,63,65,99,103-104H,2,13-15,21-30,32-36,38-41H2,1,3-5H3,(H2,80,107)(H,83,85)(H,86,100)(H,87,111)(H,88,117)(H,89,108)(H,90,109)(H,91,113)(H,92,114)(H,93,115)(H,94,112)(H,95,110)(H,96,116)(H,101,102)(H,105,106)(H4,81,82,84)/b16-6-,48-31+/t44-,50+,51+,52-,53+,54+,55+,56+,57+,58+,59+,60+,61+,65+/m1/s1. The van der Waals surface area contributed by atoms with Gasteiger partial charge in [-0.05, 0) is 99.5 Å². The topological polar surface area (TPSA) is 630 Å². The third-order valence-electron chi connectivity index (χ3n) is 19.6. The van der Waals surface area contributed by atoms with Crippen molar-refractivity contribution in [2.75, 3.05) is 54.7 Å². The molecular formula is C79H111N19O21S3. The van der Waals surface area contributed by atoms with Crippen LogP contribution < -0.4 is 75.3 Å². The molecule has 0 saturated carbocycles. The first-order chi connectivity index (χ1) is 58.0. The molecule has 40 nitrogen and oxygen atoms in total. The molecule has 14 atom stereocenters. The van der Waals surface area contributed by atoms with Crippen LogP contribution >= 0.6 is 35.3 Å². The van der Waals surface area contributed by atoms with Crippen LogP contribution in [-0.2, 0) is 96.0 Å². The molecule has 3 aliphatic heterocycles. The lowest BCUT2D eigenvalue weighted by Gasteiger charge is -2.34. The van der Waals surface area contributed by atoms with E-state index in [1.165, 1.54) is 52.8 Å². The number of carboxylic acid groups (broad SMARTS) is 2. The van der Waals surface area contributed by atoms with Crippen LogP contribution in [0.2, 0.25) is 0 Å². The lowest BCUT2D eigenvalue weighted by molar-refractivity contribution is -0.148. The molecule has 1 aromatic heterocycles. The van der Waals surface area contributed by atoms with Crippen molar-refractivity contribution in [1.29, 1.82) is 5.41 Å². The van der Waals surface area contributed by atoms with Crippen molar-refractivity contribution in [3.8, 4) is 0 Å². The fourth-order valence-corrected chi connectivity index (χ4v) is 16.0. The molecule has 122 heavy (non-hydrogen) atoms. The molecule has 0 radical (unpaired) electrons. The molecule has 2 aromatic carbocycles. The minimum absolute atomic E-state index is 0.000677. The monoisotopic (exact) mass is 1760 g/mol. The number of aromatic nitrogens is 2. The Kier molecular flexibility index (Phi) is 41.3. The second kappa shape index (κ2) is 50.7. The number of nitrogens with zero attached hydrogens (tertiary/aromatic N) is 3. The summed E-state index contributed by atoms with van der Waals surface area (Å²) in [4.78, 5) is 236. The molecule has 2 fully saturated rings. The number of hydrogen-bond donors (Lipinski definition) is 21. The number of thioether (sulfide) groups is 3. The number of benzene rings is 2. The Bertz CT molecular complexity index is 4220. The zero-order valence-electron chi connectivity index (χ0n) is 68.1. The van der Waals surface area contributed by atoms with Gasteiger partial charge in [0.2, 0.25) is 82.7 Å². The van der Waals surface area contributed by atoms with Crippen LogP contribution in [0.1, 0.15) is 108 Å². The highest BCUT2D eigenvalue weighted by molar-refractivity contribution is 7.99. The van der Waals surface area contributed by atoms with Gasteiger partial charge in [0.1, 0.15) is 78.5 Å². The molecule has 23 N–H and O–H groups in total. The van der Waals surface area contributed by atoms with Crippen molar-refractivity contribution < 1.29 is 102 Å². The fraction of sp³-hybridized carbons (Fsp3) is 0.519. The molecule has 14 amide bonds. The number of H-pyrrole nitrogens is 1. The Hall–Kier alpha value is -11.4. The van der Waals surface area contributed by atoms with Crippen LogP contribution in [0.5, 0.6) is 0 Å². The number of fused-ring (bicyclic) bond motifs is 2. The number of carbonyl (C=O) groups excluding carboxylic acids is 14. The minimum atomic E-state index is -2.12. The van der Waals surface area contributed by atoms with Gasteiger partial charge in [-0.2, -0.15) is 35.3 Å². The lowest BCUT2D eigenvalue weighted by Crippen LogP contribution is -2.62. The van der Waals surface area contributed by atoms with Crippen molar-refractivity contribution in [3.63, 3.8) is 0 Å². The molecule has 4 heterocycles. The van der Waals surface area contributed by atoms with Gasteiger partial charge < -0.3 is 116 Å². The van der Waals surface area contributed by atoms with Gasteiger partial charge in [0.25, 0.3) is 0 Å². The number of aliphatic hydroxyl groups is 3. The van der Waals surface area contributed by atoms with Gasteiger partial charge in [-0.25, -0.2) is 4.98 Å². The van der Waals surface area contributed by atoms with Crippen molar-refractivity contribution >= 4 is 136 Å². The predicted octanol–water partition coefficient (Wildman–Crippen LogP) is -3.77. The van der Waals surface area contributed by atoms with Crippen molar-refractivity contribution in [2.24, 2.45) is 11.5 Å². The summed E-state index contributed by atoms with van der Waals surface area (Å²) in [5.74, 6) is -17.2. The molecule has 0 unspecified atom stereocenters. The molecule has 0 aliphatic carbocycles. The zero-order valence-corrected chi connectivity index (χ0v) is 70.5. The number of aliphatic carboxylic acids is 2. The third-order valence-corrected chi connectivity index (χ3v) is 22.5. The molecular weight excluding hydrogens is 1650 g/mol. The van der Waals surface area contributed by atoms with E-state index in [1.807, 2.05) is 6.26 Å². The molecule has 3 aromatic rings. The van der Waals surface area contributed by atoms with E-state index < -0.39 is 229 Å². The number of nitrogens with one attached hydrogen (secondary N) is 14. The molecule has 43 heteroatoms. The number of hydrogen-bond acceptors (Lipinski definition) is 24. The van der Waals surface area contributed by atoms with Gasteiger partial charge in [-0.3, -0.25) is 82.1 Å². The summed E-state index contributed by atoms with van der Waals surface area (Å²) in [5, 5.41) is 89.0. The molecule has 6 rings (SSSR count). The zero-order chi connectivity index (χ0) is 89.7. The van der Waals surface area contributed by atoms with E-state index in [-0.39, 0.29) is 94.0 Å². The molecule has 2 saturated heterocycles. The number of carboxylic acids is 2. The number of guanidine groups is 1. The van der Waals surface area contributed by atoms with Crippen LogP contribution in [0, 0.1) is 5.41 Å². The summed E-state index contributed by atoms with van der Waals surface area (Å²) in [6.07, 6.45) is 2.08. The van der Waals surface area contributed by atoms with Gasteiger partial charge in [-0.15, -0.1) is 0 Å². The highest BCUT2D eigenvalue weighted by Crippen LogP contribution is 2.28. The maximum absolute atomic E-state index is 15.3. The summed E-state index contributed by atoms with van der Waals surface area (Å²) < 4.78 is 0. The maximum Gasteiger partial charge on any atom is 0.305 e. The fourth-order valence-electron chi connectivity index (χ4n) is 13.6. The van der Waals surface area contributed by atoms with Gasteiger partial charge in [0.05, 0.1) is 24.5 Å². The Labute approximate surface area is 717 Å². The largest absolute Gasteiger partial charge is 0.481 e. The smallest absolute Gasteiger partial charge is 0.305 e. The lowest BCUT2D eigenvalue weighted by atomic mass is 10.0. The van der Waals surface area contributed by atoms with E-state index in [1.54, 1.807) is 85.8 Å². The maximum atomic E-state index is 15.3. The number of rotatable bonds is 36. The van der Waals surface area contributed by atoms with Crippen LogP contribution in [0.4, 0.5) is 0 Å². The third kappa shape index (κ3) is 33.2. The van der Waals surface area contributed by atoms with Gasteiger partial charge in [-0.1, -0.05) is 85.5 Å². The quantitative estimate of drug-likeness (QED) is 0.0115. The Morgan fingerprint density at radius 2 is 1.25 bits per heavy atom. The highest BCUT2D eigenvalue weighted by Gasteiger charge is 2.46. The second-order valence-electron chi connectivity index (χ2n) is 29.4. The van der Waals surface area contributed by atoms with Gasteiger partial charge in [0.15, 0.2) is 12.2 Å². The average molecular weight is 1760 g/mol. The molecule has 0 spiro atoms. The number of amides is 14. The van der Waals surface area contributed by atoms with Crippen molar-refractivity contribution in [2.45, 2.75) is 202 Å². The summed E-state index contributed by atoms with van der Waals surface area (Å²) in [7, 11) is 0. The number of allylic oxidation sites excluding steroid dienone is 3. The predicted molar refractivity (Wildman–Crippen MR) is 451 cm³/mol. The normalized spacial score (nSPS) is 21.5. The first kappa shape index (κ1) is 99.4. The Morgan fingerprint density at radius 1 is 0.672 bits per heavy atom. The number of aliphatic hydroxyl groups excluding tert-OH is 2. The van der Waals surface area contributed by atoms with E-state index in [0.29, 0.717) is 34.4 Å². The first-order valence-corrected chi connectivity index (χ1v) is 43.2. The van der Waals surface area contributed by atoms with Crippen LogP contribution in [0.25, 0.3) is 0 Å². The van der Waals surface area contributed by atoms with E-state index in [0.717, 1.165) is 18.7 Å².